The molecule has 1 aromatic carbocycles. The number of hydrazone groups is 1. The second-order valence-corrected chi connectivity index (χ2v) is 6.56. The summed E-state index contributed by atoms with van der Waals surface area (Å²) < 4.78 is 5.42. The molecular formula is C20H22ClN5O5. The third kappa shape index (κ3) is 7.27. The Morgan fingerprint density at radius 2 is 1.81 bits per heavy atom. The van der Waals surface area contributed by atoms with Gasteiger partial charge in [0.05, 0.1) is 12.8 Å². The van der Waals surface area contributed by atoms with E-state index in [4.69, 9.17) is 16.0 Å². The molecule has 0 aliphatic rings. The Morgan fingerprint density at radius 1 is 1.06 bits per heavy atom. The van der Waals surface area contributed by atoms with Crippen LogP contribution in [0.25, 0.3) is 0 Å². The van der Waals surface area contributed by atoms with Crippen LogP contribution in [0.1, 0.15) is 25.4 Å². The predicted octanol–water partition coefficient (Wildman–Crippen LogP) is 1.51. The summed E-state index contributed by atoms with van der Waals surface area (Å²) in [6, 6.07) is 9.52. The van der Waals surface area contributed by atoms with Crippen LogP contribution in [0.15, 0.2) is 45.9 Å². The fraction of sp³-hybridized carbons (Fsp3) is 0.250. The minimum Gasteiger partial charge on any atom is -0.458 e. The van der Waals surface area contributed by atoms with E-state index in [0.717, 1.165) is 0 Å². The lowest BCUT2D eigenvalue weighted by Crippen LogP contribution is -2.41. The third-order valence-electron chi connectivity index (χ3n) is 4.00. The van der Waals surface area contributed by atoms with Gasteiger partial charge >= 0.3 is 23.6 Å². The number of amides is 4. The standard InChI is InChI=1S/C20H22ClN5O5/c1-3-26(4-2)20(30)19(29)25-23-12-16-9-8-15(31-16)11-22-17(27)18(28)24-14-7-5-6-13(21)10-14/h5-10,12H,3-4,11H2,1-2H3,(H,22,27)(H,24,28)(H,25,29)/b23-12+. The highest BCUT2D eigenvalue weighted by Gasteiger charge is 2.18. The quantitative estimate of drug-likeness (QED) is 0.336. The minimum atomic E-state index is -0.857. The molecule has 31 heavy (non-hydrogen) atoms. The summed E-state index contributed by atoms with van der Waals surface area (Å²) in [7, 11) is 0. The number of furan rings is 1. The summed E-state index contributed by atoms with van der Waals surface area (Å²) in [6.45, 7) is 4.32. The second kappa shape index (κ2) is 11.5. The van der Waals surface area contributed by atoms with E-state index in [-0.39, 0.29) is 12.3 Å². The Hall–Kier alpha value is -3.66. The smallest absolute Gasteiger partial charge is 0.329 e. The average Bonchev–Trinajstić information content (AvgIpc) is 3.20. The molecule has 164 valence electrons. The van der Waals surface area contributed by atoms with Gasteiger partial charge in [-0.1, -0.05) is 17.7 Å². The lowest BCUT2D eigenvalue weighted by atomic mass is 10.3. The molecule has 0 fully saturated rings. The van der Waals surface area contributed by atoms with Crippen molar-refractivity contribution in [2.75, 3.05) is 18.4 Å². The van der Waals surface area contributed by atoms with Crippen LogP contribution in [0.4, 0.5) is 5.69 Å². The van der Waals surface area contributed by atoms with Gasteiger partial charge in [0.1, 0.15) is 11.5 Å². The monoisotopic (exact) mass is 447 g/mol. The Balaban J connectivity index is 1.81. The SMILES string of the molecule is CCN(CC)C(=O)C(=O)N/N=C/c1ccc(CNC(=O)C(=O)Nc2cccc(Cl)c2)o1. The second-order valence-electron chi connectivity index (χ2n) is 6.13. The molecule has 0 unspecified atom stereocenters. The number of anilines is 1. The van der Waals surface area contributed by atoms with Gasteiger partial charge in [0.2, 0.25) is 0 Å². The molecule has 0 aliphatic carbocycles. The van der Waals surface area contributed by atoms with Gasteiger partial charge in [-0.25, -0.2) is 5.43 Å². The Morgan fingerprint density at radius 3 is 2.48 bits per heavy atom. The van der Waals surface area contributed by atoms with Crippen molar-refractivity contribution in [1.29, 1.82) is 0 Å². The molecule has 0 bridgehead atoms. The van der Waals surface area contributed by atoms with Crippen LogP contribution < -0.4 is 16.1 Å². The molecule has 0 saturated carbocycles. The molecule has 0 aliphatic heterocycles. The third-order valence-corrected chi connectivity index (χ3v) is 4.23. The first-order valence-electron chi connectivity index (χ1n) is 9.39. The highest BCUT2D eigenvalue weighted by molar-refractivity contribution is 6.39. The predicted molar refractivity (Wildman–Crippen MR) is 114 cm³/mol. The van der Waals surface area contributed by atoms with Crippen LogP contribution in [0.3, 0.4) is 0 Å². The first-order chi connectivity index (χ1) is 14.8. The molecule has 1 heterocycles. The van der Waals surface area contributed by atoms with Crippen LogP contribution in [0.2, 0.25) is 5.02 Å². The summed E-state index contributed by atoms with van der Waals surface area (Å²) >= 11 is 5.83. The highest BCUT2D eigenvalue weighted by atomic mass is 35.5. The molecule has 4 amide bonds. The lowest BCUT2D eigenvalue weighted by Gasteiger charge is -2.16. The van der Waals surface area contributed by atoms with Crippen molar-refractivity contribution >= 4 is 47.1 Å². The van der Waals surface area contributed by atoms with E-state index in [9.17, 15) is 19.2 Å². The van der Waals surface area contributed by atoms with E-state index in [2.05, 4.69) is 21.2 Å². The fourth-order valence-corrected chi connectivity index (χ4v) is 2.61. The molecule has 0 radical (unpaired) electrons. The molecule has 10 nitrogen and oxygen atoms in total. The molecule has 0 atom stereocenters. The average molecular weight is 448 g/mol. The maximum Gasteiger partial charge on any atom is 0.329 e. The van der Waals surface area contributed by atoms with Gasteiger partial charge < -0.3 is 20.0 Å². The van der Waals surface area contributed by atoms with Gasteiger partial charge in [0.15, 0.2) is 0 Å². The zero-order valence-corrected chi connectivity index (χ0v) is 17.7. The molecule has 2 aromatic rings. The summed E-state index contributed by atoms with van der Waals surface area (Å²) in [5, 5.41) is 8.95. The number of nitrogens with one attached hydrogen (secondary N) is 3. The summed E-state index contributed by atoms with van der Waals surface area (Å²) in [4.78, 5) is 48.8. The molecule has 0 spiro atoms. The number of hydrogen-bond acceptors (Lipinski definition) is 6. The topological polar surface area (TPSA) is 133 Å². The summed E-state index contributed by atoms with van der Waals surface area (Å²) in [5.41, 5.74) is 2.52. The highest BCUT2D eigenvalue weighted by Crippen LogP contribution is 2.14. The Kier molecular flexibility index (Phi) is 8.77. The number of benzene rings is 1. The molecule has 3 N–H and O–H groups in total. The van der Waals surface area contributed by atoms with Gasteiger partial charge in [0, 0.05) is 23.8 Å². The molecular weight excluding hydrogens is 426 g/mol. The van der Waals surface area contributed by atoms with Gasteiger partial charge in [-0.2, -0.15) is 5.10 Å². The van der Waals surface area contributed by atoms with Gasteiger partial charge in [-0.05, 0) is 44.2 Å². The number of nitrogens with zero attached hydrogens (tertiary/aromatic N) is 2. The van der Waals surface area contributed by atoms with Crippen LogP contribution >= 0.6 is 11.6 Å². The van der Waals surface area contributed by atoms with Crippen LogP contribution in [0, 0.1) is 0 Å². The summed E-state index contributed by atoms with van der Waals surface area (Å²) in [5.74, 6) is -2.60. The molecule has 0 saturated heterocycles. The van der Waals surface area contributed by atoms with E-state index >= 15 is 0 Å². The first-order valence-corrected chi connectivity index (χ1v) is 9.77. The van der Waals surface area contributed by atoms with Gasteiger partial charge in [-0.15, -0.1) is 0 Å². The maximum absolute atomic E-state index is 11.9. The van der Waals surface area contributed by atoms with E-state index in [0.29, 0.717) is 29.6 Å². The van der Waals surface area contributed by atoms with Crippen molar-refractivity contribution in [2.24, 2.45) is 5.10 Å². The van der Waals surface area contributed by atoms with Gasteiger partial charge in [0.25, 0.3) is 0 Å². The number of rotatable bonds is 7. The van der Waals surface area contributed by atoms with Crippen molar-refractivity contribution in [3.63, 3.8) is 0 Å². The van der Waals surface area contributed by atoms with Crippen molar-refractivity contribution in [1.82, 2.24) is 15.6 Å². The Bertz CT molecular complexity index is 984. The van der Waals surface area contributed by atoms with E-state index in [1.54, 1.807) is 44.2 Å². The lowest BCUT2D eigenvalue weighted by molar-refractivity contribution is -0.145. The molecule has 2 rings (SSSR count). The van der Waals surface area contributed by atoms with Crippen LogP contribution in [0.5, 0.6) is 0 Å². The van der Waals surface area contributed by atoms with Crippen molar-refractivity contribution in [2.45, 2.75) is 20.4 Å². The van der Waals surface area contributed by atoms with E-state index in [1.165, 1.54) is 17.2 Å². The van der Waals surface area contributed by atoms with Crippen LogP contribution in [-0.2, 0) is 25.7 Å². The molecule has 1 aromatic heterocycles. The van der Waals surface area contributed by atoms with Crippen molar-refractivity contribution in [3.8, 4) is 0 Å². The number of carbonyl (C=O) groups is 4. The van der Waals surface area contributed by atoms with Crippen molar-refractivity contribution in [3.05, 3.63) is 52.9 Å². The number of halogens is 1. The van der Waals surface area contributed by atoms with Crippen molar-refractivity contribution < 1.29 is 23.6 Å². The number of likely N-dealkylation sites (N-methyl/N-ethyl adjacent to an activating group) is 1. The van der Waals surface area contributed by atoms with E-state index in [1.807, 2.05) is 0 Å². The summed E-state index contributed by atoms with van der Waals surface area (Å²) in [6.07, 6.45) is 1.21. The zero-order chi connectivity index (χ0) is 22.8. The normalized spacial score (nSPS) is 10.5. The van der Waals surface area contributed by atoms with Crippen LogP contribution in [-0.4, -0.2) is 47.8 Å². The minimum absolute atomic E-state index is 0.0392. The number of carbonyl (C=O) groups excluding carboxylic acids is 4. The Labute approximate surface area is 183 Å². The zero-order valence-electron chi connectivity index (χ0n) is 17.0. The van der Waals surface area contributed by atoms with E-state index < -0.39 is 23.6 Å². The fourth-order valence-electron chi connectivity index (χ4n) is 2.42. The van der Waals surface area contributed by atoms with Gasteiger partial charge in [-0.3, -0.25) is 19.2 Å². The number of hydrogen-bond donors (Lipinski definition) is 3. The first kappa shape index (κ1) is 23.6. The maximum atomic E-state index is 11.9. The largest absolute Gasteiger partial charge is 0.458 e. The molecule has 11 heteroatoms.